The number of hydrogen-bond donors (Lipinski definition) is 4. The maximum absolute atomic E-state index is 14.1. The molecule has 3 heterocycles. The molecule has 0 aliphatic rings. The molecule has 0 aliphatic heterocycles. The number of carbonyl (C=O) groups is 1. The molecule has 1 amide bonds. The van der Waals surface area contributed by atoms with Gasteiger partial charge in [-0.1, -0.05) is 6.07 Å². The van der Waals surface area contributed by atoms with E-state index in [4.69, 9.17) is 14.6 Å². The van der Waals surface area contributed by atoms with Gasteiger partial charge >= 0.3 is 6.18 Å². The topological polar surface area (TPSA) is 165 Å². The van der Waals surface area contributed by atoms with E-state index in [1.807, 2.05) is 35.9 Å². The summed E-state index contributed by atoms with van der Waals surface area (Å²) in [5.74, 6) is -1.10. The van der Waals surface area contributed by atoms with E-state index in [0.717, 1.165) is 5.56 Å². The largest absolute Gasteiger partial charge is 0.495 e. The Kier molecular flexibility index (Phi) is 13.6. The summed E-state index contributed by atoms with van der Waals surface area (Å²) in [5.41, 5.74) is 0.692. The highest BCUT2D eigenvalue weighted by atomic mass is 127. The third kappa shape index (κ3) is 10.8. The predicted molar refractivity (Wildman–Crippen MR) is 193 cm³/mol. The molecule has 18 heteroatoms. The highest BCUT2D eigenvalue weighted by Crippen LogP contribution is 2.58. The van der Waals surface area contributed by atoms with Gasteiger partial charge < -0.3 is 35.1 Å². The molecule has 4 N–H and O–H groups in total. The first kappa shape index (κ1) is 39.0. The lowest BCUT2D eigenvalue weighted by Gasteiger charge is -2.18. The second kappa shape index (κ2) is 17.4. The van der Waals surface area contributed by atoms with Crippen LogP contribution in [0, 0.1) is 0 Å². The minimum atomic E-state index is -4.84. The number of aliphatic hydroxyl groups is 1. The van der Waals surface area contributed by atoms with Crippen LogP contribution in [0.1, 0.15) is 48.3 Å². The average Bonchev–Trinajstić information content (AvgIpc) is 3.54. The number of nitrogens with one attached hydrogen (secondary N) is 3. The molecule has 13 nitrogen and oxygen atoms in total. The third-order valence-electron chi connectivity index (χ3n) is 7.18. The number of nitrogens with zero attached hydrogens (tertiary/aromatic N) is 5. The van der Waals surface area contributed by atoms with Gasteiger partial charge in [0.05, 0.1) is 36.5 Å². The monoisotopic (exact) mass is 830 g/mol. The molecule has 0 saturated heterocycles. The van der Waals surface area contributed by atoms with Crippen LogP contribution in [0.5, 0.6) is 5.75 Å². The van der Waals surface area contributed by atoms with Gasteiger partial charge in [-0.15, -0.1) is 0 Å². The zero-order valence-electron chi connectivity index (χ0n) is 27.9. The van der Waals surface area contributed by atoms with Crippen LogP contribution in [0.2, 0.25) is 0 Å². The van der Waals surface area contributed by atoms with Gasteiger partial charge in [0.2, 0.25) is 5.95 Å². The fourth-order valence-electron chi connectivity index (χ4n) is 4.76. The van der Waals surface area contributed by atoms with Crippen LogP contribution in [0.3, 0.4) is 0 Å². The first-order valence-electron chi connectivity index (χ1n) is 15.6. The predicted octanol–water partition coefficient (Wildman–Crippen LogP) is 7.02. The van der Waals surface area contributed by atoms with Crippen molar-refractivity contribution in [2.75, 3.05) is 44.2 Å². The van der Waals surface area contributed by atoms with E-state index in [1.165, 1.54) is 32.5 Å². The summed E-state index contributed by atoms with van der Waals surface area (Å²) >= 11 is 2.01. The summed E-state index contributed by atoms with van der Waals surface area (Å²) in [6, 6.07) is 8.08. The lowest BCUT2D eigenvalue weighted by molar-refractivity contribution is -0.137. The van der Waals surface area contributed by atoms with Crippen LogP contribution in [0.25, 0.3) is 11.3 Å². The molecule has 0 saturated carbocycles. The number of halogens is 4. The average molecular weight is 831 g/mol. The van der Waals surface area contributed by atoms with Crippen LogP contribution < -0.4 is 20.7 Å². The van der Waals surface area contributed by atoms with Crippen molar-refractivity contribution in [3.8, 4) is 17.0 Å². The molecule has 0 fully saturated rings. The molecular formula is C32H39F3IN8O5P. The summed E-state index contributed by atoms with van der Waals surface area (Å²) in [6.07, 6.45) is 1.12. The minimum absolute atomic E-state index is 0.00682. The third-order valence-corrected chi connectivity index (χ3v) is 11.5. The van der Waals surface area contributed by atoms with Gasteiger partial charge in [0, 0.05) is 57.1 Å². The summed E-state index contributed by atoms with van der Waals surface area (Å²) in [6.45, 7) is 4.87. The molecule has 1 unspecified atom stereocenters. The summed E-state index contributed by atoms with van der Waals surface area (Å²) in [5, 5.41) is 21.3. The Hall–Kier alpha value is -3.80. The lowest BCUT2D eigenvalue weighted by atomic mass is 10.1. The van der Waals surface area contributed by atoms with Gasteiger partial charge in [-0.05, 0) is 78.6 Å². The highest BCUT2D eigenvalue weighted by molar-refractivity contribution is 14.2. The van der Waals surface area contributed by atoms with Crippen LogP contribution in [0.15, 0.2) is 48.9 Å². The van der Waals surface area contributed by atoms with Crippen molar-refractivity contribution in [2.24, 2.45) is 0 Å². The molecule has 0 spiro atoms. The zero-order chi connectivity index (χ0) is 36.5. The van der Waals surface area contributed by atoms with E-state index in [1.54, 1.807) is 29.1 Å². The number of amides is 1. The summed E-state index contributed by atoms with van der Waals surface area (Å²) in [4.78, 5) is 22.7. The number of aliphatic hydroxyl groups excluding tert-OH is 1. The Morgan fingerprint density at radius 3 is 2.54 bits per heavy atom. The maximum atomic E-state index is 14.1. The number of benzene rings is 1. The molecule has 1 atom stereocenters. The molecule has 0 radical (unpaired) electrons. The number of aromatic nitrogens is 5. The Morgan fingerprint density at radius 1 is 1.10 bits per heavy atom. The molecule has 1 aromatic carbocycles. The second-order valence-corrected chi connectivity index (χ2v) is 19.0. The maximum Gasteiger partial charge on any atom is 0.421 e. The van der Waals surface area contributed by atoms with Crippen molar-refractivity contribution >= 4 is 55.9 Å². The first-order valence-corrected chi connectivity index (χ1v) is 20.5. The SMILES string of the molecule is CNC(=O)c1nc(-c2cnn(CCCO)c2)ccc1Nc1nc(Nc2ccc(CP(=O)(I)CCCOC(C)C)cc2OC)ncc1C(F)(F)F. The molecule has 0 bridgehead atoms. The number of hydrogen-bond acceptors (Lipinski definition) is 11. The number of carbonyl (C=O) groups excluding carboxylic acids is 1. The van der Waals surface area contributed by atoms with Gasteiger partial charge in [0.15, 0.2) is 5.69 Å². The van der Waals surface area contributed by atoms with E-state index in [9.17, 15) is 22.5 Å². The Bertz CT molecular complexity index is 1820. The lowest BCUT2D eigenvalue weighted by Crippen LogP contribution is -2.21. The number of ether oxygens (including phenoxy) is 2. The molecule has 270 valence electrons. The highest BCUT2D eigenvalue weighted by Gasteiger charge is 2.36. The Labute approximate surface area is 300 Å². The van der Waals surface area contributed by atoms with Gasteiger partial charge in [0.25, 0.3) is 5.91 Å². The van der Waals surface area contributed by atoms with Gasteiger partial charge in [-0.2, -0.15) is 23.3 Å². The molecule has 4 aromatic rings. The van der Waals surface area contributed by atoms with E-state index < -0.39 is 28.2 Å². The van der Waals surface area contributed by atoms with Crippen molar-refractivity contribution in [1.82, 2.24) is 30.0 Å². The first-order chi connectivity index (χ1) is 23.7. The van der Waals surface area contributed by atoms with E-state index in [-0.39, 0.29) is 30.0 Å². The van der Waals surface area contributed by atoms with Crippen molar-refractivity contribution < 1.29 is 37.1 Å². The number of rotatable bonds is 17. The van der Waals surface area contributed by atoms with E-state index >= 15 is 0 Å². The Balaban J connectivity index is 1.60. The molecule has 0 aliphatic carbocycles. The quantitative estimate of drug-likeness (QED) is 0.0491. The standard InChI is InChI=1S/C32H39F3IN8O5P/c1-20(2)49-13-6-14-50(36,47)19-21-7-8-25(27(15-21)48-4)42-31-38-17-23(32(33,34)35)29(43-31)41-26-10-9-24(40-28(26)30(46)37-3)22-16-39-44(18-22)11-5-12-45/h7-10,15-18,20,45H,5-6,11-14,19H2,1-4H3,(H,37,46)(H2,38,41,42,43). The fraction of sp³-hybridized carbons (Fsp3) is 0.406. The number of methoxy groups -OCH3 is 1. The number of aryl methyl sites for hydroxylation is 1. The van der Waals surface area contributed by atoms with Crippen molar-refractivity contribution in [2.45, 2.75) is 51.7 Å². The summed E-state index contributed by atoms with van der Waals surface area (Å²) in [7, 11) is 2.82. The molecule has 3 aromatic heterocycles. The van der Waals surface area contributed by atoms with Crippen LogP contribution >= 0.6 is 26.8 Å². The van der Waals surface area contributed by atoms with E-state index in [0.29, 0.717) is 67.2 Å². The van der Waals surface area contributed by atoms with Crippen molar-refractivity contribution in [3.63, 3.8) is 0 Å². The van der Waals surface area contributed by atoms with Gasteiger partial charge in [0.1, 0.15) is 21.9 Å². The Morgan fingerprint density at radius 2 is 1.86 bits per heavy atom. The normalized spacial score (nSPS) is 12.8. The van der Waals surface area contributed by atoms with Crippen molar-refractivity contribution in [1.29, 1.82) is 0 Å². The molecule has 50 heavy (non-hydrogen) atoms. The number of alkyl halides is 3. The van der Waals surface area contributed by atoms with Gasteiger partial charge in [-0.25, -0.2) is 9.97 Å². The number of anilines is 4. The van der Waals surface area contributed by atoms with Gasteiger partial charge in [-0.3, -0.25) is 9.48 Å². The van der Waals surface area contributed by atoms with Crippen LogP contribution in [-0.2, 0) is 28.2 Å². The molecular weight excluding hydrogens is 791 g/mol. The number of pyridine rings is 1. The van der Waals surface area contributed by atoms with Crippen molar-refractivity contribution in [3.05, 3.63) is 65.7 Å². The smallest absolute Gasteiger partial charge is 0.421 e. The van der Waals surface area contributed by atoms with E-state index in [2.05, 4.69) is 36.0 Å². The zero-order valence-corrected chi connectivity index (χ0v) is 31.0. The van der Waals surface area contributed by atoms with Crippen LogP contribution in [-0.4, -0.2) is 75.4 Å². The fourth-order valence-corrected chi connectivity index (χ4v) is 8.47. The second-order valence-electron chi connectivity index (χ2n) is 11.4. The summed E-state index contributed by atoms with van der Waals surface area (Å²) < 4.78 is 68.3. The van der Waals surface area contributed by atoms with Crippen LogP contribution in [0.4, 0.5) is 36.3 Å². The minimum Gasteiger partial charge on any atom is -0.495 e. The molecule has 4 rings (SSSR count).